The van der Waals surface area contributed by atoms with Gasteiger partial charge in [-0.2, -0.15) is 5.26 Å². The first-order chi connectivity index (χ1) is 8.22. The van der Waals surface area contributed by atoms with Crippen LogP contribution in [0.5, 0.6) is 0 Å². The van der Waals surface area contributed by atoms with Crippen molar-refractivity contribution in [2.24, 2.45) is 0 Å². The first kappa shape index (κ1) is 11.5. The van der Waals surface area contributed by atoms with E-state index in [2.05, 4.69) is 6.07 Å². The number of carboxylic acids is 1. The lowest BCUT2D eigenvalue weighted by Gasteiger charge is -2.26. The number of aliphatic carboxylic acids is 1. The molecule has 0 amide bonds. The van der Waals surface area contributed by atoms with Crippen molar-refractivity contribution < 1.29 is 9.90 Å². The van der Waals surface area contributed by atoms with E-state index in [0.29, 0.717) is 5.56 Å². The van der Waals surface area contributed by atoms with E-state index in [1.54, 1.807) is 6.07 Å². The second-order valence-electron chi connectivity index (χ2n) is 4.22. The van der Waals surface area contributed by atoms with Gasteiger partial charge in [-0.1, -0.05) is 12.1 Å². The number of hydrogen-bond donors (Lipinski definition) is 1. The average Bonchev–Trinajstić information content (AvgIpc) is 2.76. The zero-order valence-corrected chi connectivity index (χ0v) is 9.47. The van der Waals surface area contributed by atoms with E-state index >= 15 is 0 Å². The van der Waals surface area contributed by atoms with Crippen molar-refractivity contribution in [3.63, 3.8) is 0 Å². The van der Waals surface area contributed by atoms with Crippen LogP contribution in [0.4, 0.5) is 5.69 Å². The van der Waals surface area contributed by atoms with Crippen LogP contribution in [0.1, 0.15) is 24.8 Å². The predicted octanol–water partition coefficient (Wildman–Crippen LogP) is 2.00. The number of carbonyl (C=O) groups is 1. The lowest BCUT2D eigenvalue weighted by molar-refractivity contribution is -0.137. The topological polar surface area (TPSA) is 64.3 Å². The molecule has 1 fully saturated rings. The van der Waals surface area contributed by atoms with Crippen molar-refractivity contribution in [2.75, 3.05) is 11.4 Å². The van der Waals surface area contributed by atoms with Crippen LogP contribution in [0, 0.1) is 11.3 Å². The summed E-state index contributed by atoms with van der Waals surface area (Å²) in [6, 6.07) is 9.53. The number of anilines is 1. The summed E-state index contributed by atoms with van der Waals surface area (Å²) in [5, 5.41) is 17.9. The average molecular weight is 230 g/mol. The summed E-state index contributed by atoms with van der Waals surface area (Å²) in [6.07, 6.45) is 2.00. The maximum atomic E-state index is 10.8. The molecule has 1 aromatic rings. The monoisotopic (exact) mass is 230 g/mol. The number of nitriles is 1. The number of benzene rings is 1. The van der Waals surface area contributed by atoms with Crippen LogP contribution in [-0.2, 0) is 4.79 Å². The van der Waals surface area contributed by atoms with Gasteiger partial charge in [0, 0.05) is 12.6 Å². The molecule has 0 radical (unpaired) electrons. The number of hydrogen-bond acceptors (Lipinski definition) is 3. The van der Waals surface area contributed by atoms with E-state index in [1.165, 1.54) is 0 Å². The molecule has 88 valence electrons. The van der Waals surface area contributed by atoms with Gasteiger partial charge < -0.3 is 10.0 Å². The predicted molar refractivity (Wildman–Crippen MR) is 63.8 cm³/mol. The quantitative estimate of drug-likeness (QED) is 0.862. The highest BCUT2D eigenvalue weighted by molar-refractivity contribution is 5.69. The summed E-state index contributed by atoms with van der Waals surface area (Å²) < 4.78 is 0. The van der Waals surface area contributed by atoms with Crippen LogP contribution in [-0.4, -0.2) is 23.7 Å². The first-order valence-corrected chi connectivity index (χ1v) is 5.70. The van der Waals surface area contributed by atoms with Crippen molar-refractivity contribution in [1.82, 2.24) is 0 Å². The fraction of sp³-hybridized carbons (Fsp3) is 0.385. The zero-order valence-electron chi connectivity index (χ0n) is 9.47. The standard InChI is InChI=1S/C13H14N2O2/c14-9-10-4-1-2-6-12(10)15-7-3-5-11(15)8-13(16)17/h1-2,4,6,11H,3,5,7-8H2,(H,16,17). The second-order valence-corrected chi connectivity index (χ2v) is 4.22. The molecule has 1 aliphatic heterocycles. The molecule has 0 bridgehead atoms. The number of para-hydroxylation sites is 1. The highest BCUT2D eigenvalue weighted by Gasteiger charge is 2.27. The van der Waals surface area contributed by atoms with Crippen LogP contribution in [0.25, 0.3) is 0 Å². The lowest BCUT2D eigenvalue weighted by Crippen LogP contribution is -2.31. The molecule has 1 aliphatic rings. The van der Waals surface area contributed by atoms with E-state index in [0.717, 1.165) is 25.1 Å². The minimum atomic E-state index is -0.781. The third kappa shape index (κ3) is 2.39. The highest BCUT2D eigenvalue weighted by Crippen LogP contribution is 2.29. The fourth-order valence-corrected chi connectivity index (χ4v) is 2.39. The number of rotatable bonds is 3. The molecule has 4 heteroatoms. The zero-order chi connectivity index (χ0) is 12.3. The summed E-state index contributed by atoms with van der Waals surface area (Å²) in [5.74, 6) is -0.781. The summed E-state index contributed by atoms with van der Waals surface area (Å²) >= 11 is 0. The molecule has 1 atom stereocenters. The van der Waals surface area contributed by atoms with Gasteiger partial charge in [0.05, 0.1) is 17.7 Å². The van der Waals surface area contributed by atoms with Crippen LogP contribution >= 0.6 is 0 Å². The van der Waals surface area contributed by atoms with Crippen molar-refractivity contribution in [2.45, 2.75) is 25.3 Å². The Bertz CT molecular complexity index is 465. The molecule has 4 nitrogen and oxygen atoms in total. The molecular formula is C13H14N2O2. The number of carboxylic acid groups (broad SMARTS) is 1. The molecule has 0 aromatic heterocycles. The van der Waals surface area contributed by atoms with Crippen molar-refractivity contribution in [3.8, 4) is 6.07 Å². The largest absolute Gasteiger partial charge is 0.481 e. The van der Waals surface area contributed by atoms with Gasteiger partial charge in [0.2, 0.25) is 0 Å². The molecule has 17 heavy (non-hydrogen) atoms. The number of nitrogens with zero attached hydrogens (tertiary/aromatic N) is 2. The van der Waals surface area contributed by atoms with E-state index in [4.69, 9.17) is 10.4 Å². The molecular weight excluding hydrogens is 216 g/mol. The van der Waals surface area contributed by atoms with Crippen molar-refractivity contribution >= 4 is 11.7 Å². The normalized spacial score (nSPS) is 19.0. The molecule has 0 aliphatic carbocycles. The van der Waals surface area contributed by atoms with Gasteiger partial charge in [-0.15, -0.1) is 0 Å². The fourth-order valence-electron chi connectivity index (χ4n) is 2.39. The molecule has 1 N–H and O–H groups in total. The maximum absolute atomic E-state index is 10.8. The lowest BCUT2D eigenvalue weighted by atomic mass is 10.1. The van der Waals surface area contributed by atoms with Crippen LogP contribution in [0.15, 0.2) is 24.3 Å². The van der Waals surface area contributed by atoms with E-state index < -0.39 is 5.97 Å². The van der Waals surface area contributed by atoms with Crippen molar-refractivity contribution in [1.29, 1.82) is 5.26 Å². The van der Waals surface area contributed by atoms with Crippen molar-refractivity contribution in [3.05, 3.63) is 29.8 Å². The van der Waals surface area contributed by atoms with E-state index in [9.17, 15) is 4.79 Å². The van der Waals surface area contributed by atoms with Gasteiger partial charge >= 0.3 is 5.97 Å². The Balaban J connectivity index is 2.26. The third-order valence-corrected chi connectivity index (χ3v) is 3.12. The summed E-state index contributed by atoms with van der Waals surface area (Å²) in [5.41, 5.74) is 1.48. The molecule has 2 rings (SSSR count). The third-order valence-electron chi connectivity index (χ3n) is 3.12. The minimum Gasteiger partial charge on any atom is -0.481 e. The SMILES string of the molecule is N#Cc1ccccc1N1CCCC1CC(=O)O. The minimum absolute atomic E-state index is 0.0157. The van der Waals surface area contributed by atoms with Gasteiger partial charge in [0.15, 0.2) is 0 Å². The summed E-state index contributed by atoms with van der Waals surface area (Å²) in [7, 11) is 0. The van der Waals surface area contributed by atoms with Gasteiger partial charge in [-0.3, -0.25) is 4.79 Å². The van der Waals surface area contributed by atoms with Gasteiger partial charge in [0.25, 0.3) is 0 Å². The van der Waals surface area contributed by atoms with E-state index in [-0.39, 0.29) is 12.5 Å². The molecule has 0 spiro atoms. The summed E-state index contributed by atoms with van der Waals surface area (Å²) in [6.45, 7) is 0.830. The molecule has 1 unspecified atom stereocenters. The maximum Gasteiger partial charge on any atom is 0.305 e. The van der Waals surface area contributed by atoms with Crippen LogP contribution in [0.3, 0.4) is 0 Å². The Hall–Kier alpha value is -2.02. The first-order valence-electron chi connectivity index (χ1n) is 5.70. The molecule has 0 saturated carbocycles. The van der Waals surface area contributed by atoms with Crippen LogP contribution in [0.2, 0.25) is 0 Å². The smallest absolute Gasteiger partial charge is 0.305 e. The Morgan fingerprint density at radius 3 is 3.00 bits per heavy atom. The Morgan fingerprint density at radius 2 is 2.29 bits per heavy atom. The van der Waals surface area contributed by atoms with Gasteiger partial charge in [-0.05, 0) is 25.0 Å². The molecule has 1 heterocycles. The summed E-state index contributed by atoms with van der Waals surface area (Å²) in [4.78, 5) is 12.8. The highest BCUT2D eigenvalue weighted by atomic mass is 16.4. The molecule has 1 saturated heterocycles. The van der Waals surface area contributed by atoms with E-state index in [1.807, 2.05) is 23.1 Å². The Labute approximate surface area is 100 Å². The Kier molecular flexibility index (Phi) is 3.29. The van der Waals surface area contributed by atoms with Gasteiger partial charge in [-0.25, -0.2) is 0 Å². The Morgan fingerprint density at radius 1 is 1.53 bits per heavy atom. The van der Waals surface area contributed by atoms with Gasteiger partial charge in [0.1, 0.15) is 6.07 Å². The van der Waals surface area contributed by atoms with Crippen LogP contribution < -0.4 is 4.90 Å². The molecule has 1 aromatic carbocycles. The second kappa shape index (κ2) is 4.88.